The molecule has 0 aliphatic heterocycles. The molecule has 0 fully saturated rings. The fraction of sp³-hybridized carbons (Fsp3) is 0.375. The van der Waals surface area contributed by atoms with Gasteiger partial charge in [0.05, 0.1) is 5.39 Å². The monoisotopic (exact) mass is 315 g/mol. The Morgan fingerprint density at radius 1 is 1.24 bits per heavy atom. The number of nitrogens with zero attached hydrogens (tertiary/aromatic N) is 2. The Morgan fingerprint density at radius 3 is 2.95 bits per heavy atom. The normalized spacial score (nSPS) is 14.3. The third kappa shape index (κ3) is 2.34. The van der Waals surface area contributed by atoms with Gasteiger partial charge in [-0.3, -0.25) is 0 Å². The fourth-order valence-corrected chi connectivity index (χ4v) is 5.01. The predicted molar refractivity (Wildman–Crippen MR) is 90.7 cm³/mol. The van der Waals surface area contributed by atoms with Crippen LogP contribution >= 0.6 is 22.7 Å². The molecule has 5 heteroatoms. The summed E-state index contributed by atoms with van der Waals surface area (Å²) in [6, 6.07) is 4.23. The standard InChI is InChI=1S/C16H17N3S2/c1-17-15-14-11-6-2-3-7-12(11)21-16(14)19-13(18-15)9-10-5-4-8-20-10/h4-5,8H,2-3,6-7,9H2,1H3,(H,17,18,19). The van der Waals surface area contributed by atoms with Crippen LogP contribution in [0.15, 0.2) is 17.5 Å². The smallest absolute Gasteiger partial charge is 0.138 e. The van der Waals surface area contributed by atoms with Gasteiger partial charge in [-0.15, -0.1) is 22.7 Å². The first-order chi connectivity index (χ1) is 10.3. The molecule has 0 spiro atoms. The lowest BCUT2D eigenvalue weighted by molar-refractivity contribution is 0.700. The van der Waals surface area contributed by atoms with Gasteiger partial charge >= 0.3 is 0 Å². The van der Waals surface area contributed by atoms with Crippen molar-refractivity contribution in [3.8, 4) is 0 Å². The number of fused-ring (bicyclic) bond motifs is 3. The van der Waals surface area contributed by atoms with E-state index in [1.54, 1.807) is 11.3 Å². The summed E-state index contributed by atoms with van der Waals surface area (Å²) in [5, 5.41) is 6.66. The van der Waals surface area contributed by atoms with Crippen molar-refractivity contribution in [2.45, 2.75) is 32.1 Å². The topological polar surface area (TPSA) is 37.8 Å². The molecule has 3 nitrogen and oxygen atoms in total. The number of aromatic nitrogens is 2. The van der Waals surface area contributed by atoms with E-state index in [1.165, 1.54) is 46.4 Å². The zero-order chi connectivity index (χ0) is 14.2. The SMILES string of the molecule is CNc1nc(Cc2cccs2)nc2sc3c(c12)CCCC3. The van der Waals surface area contributed by atoms with Crippen molar-refractivity contribution in [2.75, 3.05) is 12.4 Å². The first kappa shape index (κ1) is 13.2. The Morgan fingerprint density at radius 2 is 2.14 bits per heavy atom. The highest BCUT2D eigenvalue weighted by atomic mass is 32.1. The van der Waals surface area contributed by atoms with E-state index in [-0.39, 0.29) is 0 Å². The number of anilines is 1. The average molecular weight is 315 g/mol. The Kier molecular flexibility index (Phi) is 3.39. The van der Waals surface area contributed by atoms with Crippen molar-refractivity contribution in [3.05, 3.63) is 38.7 Å². The summed E-state index contributed by atoms with van der Waals surface area (Å²) in [4.78, 5) is 13.6. The molecule has 0 aromatic carbocycles. The summed E-state index contributed by atoms with van der Waals surface area (Å²) in [5.41, 5.74) is 1.49. The van der Waals surface area contributed by atoms with Gasteiger partial charge in [0.1, 0.15) is 16.5 Å². The number of aryl methyl sites for hydroxylation is 2. The molecule has 21 heavy (non-hydrogen) atoms. The summed E-state index contributed by atoms with van der Waals surface area (Å²) in [6.07, 6.45) is 5.81. The quantitative estimate of drug-likeness (QED) is 0.784. The summed E-state index contributed by atoms with van der Waals surface area (Å²) >= 11 is 3.64. The maximum atomic E-state index is 4.84. The van der Waals surface area contributed by atoms with E-state index < -0.39 is 0 Å². The highest BCUT2D eigenvalue weighted by molar-refractivity contribution is 7.19. The molecule has 0 radical (unpaired) electrons. The molecule has 4 rings (SSSR count). The minimum absolute atomic E-state index is 0.824. The molecule has 0 saturated carbocycles. The Bertz CT molecular complexity index is 775. The lowest BCUT2D eigenvalue weighted by Crippen LogP contribution is -2.03. The third-order valence-electron chi connectivity index (χ3n) is 4.01. The molecule has 0 bridgehead atoms. The Balaban J connectivity index is 1.84. The molecule has 3 aromatic rings. The van der Waals surface area contributed by atoms with Gasteiger partial charge in [0.15, 0.2) is 0 Å². The molecule has 1 N–H and O–H groups in total. The number of hydrogen-bond acceptors (Lipinski definition) is 5. The number of hydrogen-bond donors (Lipinski definition) is 1. The predicted octanol–water partition coefficient (Wildman–Crippen LogP) is 4.26. The number of rotatable bonds is 3. The van der Waals surface area contributed by atoms with E-state index in [9.17, 15) is 0 Å². The maximum absolute atomic E-state index is 4.84. The van der Waals surface area contributed by atoms with E-state index in [0.29, 0.717) is 0 Å². The molecule has 1 aliphatic carbocycles. The van der Waals surface area contributed by atoms with Crippen LogP contribution in [0.3, 0.4) is 0 Å². The van der Waals surface area contributed by atoms with Crippen molar-refractivity contribution in [1.82, 2.24) is 9.97 Å². The van der Waals surface area contributed by atoms with E-state index in [4.69, 9.17) is 9.97 Å². The molecule has 1 aliphatic rings. The maximum Gasteiger partial charge on any atom is 0.138 e. The second-order valence-electron chi connectivity index (χ2n) is 5.39. The summed E-state index contributed by atoms with van der Waals surface area (Å²) < 4.78 is 0. The highest BCUT2D eigenvalue weighted by Crippen LogP contribution is 2.38. The van der Waals surface area contributed by atoms with Crippen molar-refractivity contribution in [3.63, 3.8) is 0 Å². The molecule has 3 heterocycles. The van der Waals surface area contributed by atoms with Gasteiger partial charge in [-0.2, -0.15) is 0 Å². The van der Waals surface area contributed by atoms with Crippen molar-refractivity contribution in [2.24, 2.45) is 0 Å². The summed E-state index contributed by atoms with van der Waals surface area (Å²) in [6.45, 7) is 0. The average Bonchev–Trinajstić information content (AvgIpc) is 3.13. The fourth-order valence-electron chi connectivity index (χ4n) is 3.03. The van der Waals surface area contributed by atoms with Gasteiger partial charge in [0.25, 0.3) is 0 Å². The molecular formula is C16H17N3S2. The lowest BCUT2D eigenvalue weighted by Gasteiger charge is -2.11. The first-order valence-electron chi connectivity index (χ1n) is 7.36. The van der Waals surface area contributed by atoms with E-state index >= 15 is 0 Å². The zero-order valence-electron chi connectivity index (χ0n) is 12.0. The van der Waals surface area contributed by atoms with Crippen LogP contribution in [0.2, 0.25) is 0 Å². The Labute approximate surface area is 132 Å². The molecule has 108 valence electrons. The number of thiophene rings is 2. The molecular weight excluding hydrogens is 298 g/mol. The van der Waals surface area contributed by atoms with Crippen LogP contribution in [0.5, 0.6) is 0 Å². The van der Waals surface area contributed by atoms with Gasteiger partial charge in [-0.1, -0.05) is 6.07 Å². The van der Waals surface area contributed by atoms with E-state index in [1.807, 2.05) is 18.4 Å². The highest BCUT2D eigenvalue weighted by Gasteiger charge is 2.20. The van der Waals surface area contributed by atoms with Gasteiger partial charge < -0.3 is 5.32 Å². The van der Waals surface area contributed by atoms with E-state index in [0.717, 1.165) is 22.9 Å². The largest absolute Gasteiger partial charge is 0.372 e. The van der Waals surface area contributed by atoms with Crippen LogP contribution in [0.4, 0.5) is 5.82 Å². The van der Waals surface area contributed by atoms with Crippen LogP contribution < -0.4 is 5.32 Å². The Hall–Kier alpha value is -1.46. The second kappa shape index (κ2) is 5.39. The molecule has 0 unspecified atom stereocenters. The molecule has 0 amide bonds. The first-order valence-corrected chi connectivity index (χ1v) is 9.06. The molecule has 3 aromatic heterocycles. The number of nitrogens with one attached hydrogen (secondary N) is 1. The molecule has 0 saturated heterocycles. The van der Waals surface area contributed by atoms with Crippen LogP contribution in [0, 0.1) is 0 Å². The minimum Gasteiger partial charge on any atom is -0.372 e. The minimum atomic E-state index is 0.824. The van der Waals surface area contributed by atoms with Crippen molar-refractivity contribution in [1.29, 1.82) is 0 Å². The zero-order valence-corrected chi connectivity index (χ0v) is 13.6. The van der Waals surface area contributed by atoms with Crippen LogP contribution in [0.25, 0.3) is 10.2 Å². The van der Waals surface area contributed by atoms with Crippen LogP contribution in [-0.2, 0) is 19.3 Å². The second-order valence-corrected chi connectivity index (χ2v) is 7.50. The lowest BCUT2D eigenvalue weighted by atomic mass is 9.97. The van der Waals surface area contributed by atoms with Gasteiger partial charge in [0, 0.05) is 23.2 Å². The summed E-state index contributed by atoms with van der Waals surface area (Å²) in [7, 11) is 1.96. The van der Waals surface area contributed by atoms with Crippen molar-refractivity contribution < 1.29 is 0 Å². The van der Waals surface area contributed by atoms with Gasteiger partial charge in [0.2, 0.25) is 0 Å². The van der Waals surface area contributed by atoms with Gasteiger partial charge in [-0.05, 0) is 42.7 Å². The molecule has 0 atom stereocenters. The van der Waals surface area contributed by atoms with E-state index in [2.05, 4.69) is 22.8 Å². The van der Waals surface area contributed by atoms with Crippen LogP contribution in [0.1, 0.15) is 34.0 Å². The third-order valence-corrected chi connectivity index (χ3v) is 6.07. The van der Waals surface area contributed by atoms with Crippen molar-refractivity contribution >= 4 is 38.7 Å². The van der Waals surface area contributed by atoms with Crippen LogP contribution in [-0.4, -0.2) is 17.0 Å². The summed E-state index contributed by atoms with van der Waals surface area (Å²) in [5.74, 6) is 1.93. The van der Waals surface area contributed by atoms with Gasteiger partial charge in [-0.25, -0.2) is 9.97 Å².